The predicted octanol–water partition coefficient (Wildman–Crippen LogP) is 4.50. The number of allylic oxidation sites excluding steroid dienone is 4. The van der Waals surface area contributed by atoms with Crippen molar-refractivity contribution in [2.45, 2.75) is 78.2 Å². The molecule has 0 aromatic rings. The van der Waals surface area contributed by atoms with E-state index in [1.807, 2.05) is 20.8 Å². The number of aliphatic hydroxyl groups is 1. The van der Waals surface area contributed by atoms with Crippen LogP contribution in [-0.4, -0.2) is 66.7 Å². The first kappa shape index (κ1) is 29.2. The van der Waals surface area contributed by atoms with Crippen LogP contribution in [0.4, 0.5) is 14.0 Å². The van der Waals surface area contributed by atoms with Gasteiger partial charge in [0.1, 0.15) is 6.17 Å². The average Bonchev–Trinajstić information content (AvgIpc) is 3.14. The van der Waals surface area contributed by atoms with Crippen LogP contribution in [0.25, 0.3) is 0 Å². The van der Waals surface area contributed by atoms with Crippen LogP contribution in [0.3, 0.4) is 0 Å². The Balaban J connectivity index is 1.66. The molecule has 9 nitrogen and oxygen atoms in total. The SMILES string of the molecule is CCOC(=O)O[C@]1(C(=O)COC(=O)OCC(C)C)CC[C@H]2[C@@H]3C[C@H](F)C4=CC(=O)C=C[C@]4(C)[C@H]3C(O)C[C@@]21C. The maximum Gasteiger partial charge on any atom is 0.509 e. The number of carbonyl (C=O) groups excluding carboxylic acids is 4. The van der Waals surface area contributed by atoms with Crippen molar-refractivity contribution in [1.29, 1.82) is 0 Å². The largest absolute Gasteiger partial charge is 0.509 e. The van der Waals surface area contributed by atoms with Crippen molar-refractivity contribution < 1.29 is 47.6 Å². The molecule has 0 radical (unpaired) electrons. The average molecular weight is 551 g/mol. The fourth-order valence-corrected chi connectivity index (χ4v) is 7.81. The third-order valence-electron chi connectivity index (χ3n) is 9.42. The van der Waals surface area contributed by atoms with Gasteiger partial charge in [-0.15, -0.1) is 0 Å². The minimum atomic E-state index is -1.75. The Morgan fingerprint density at radius 3 is 2.54 bits per heavy atom. The first-order chi connectivity index (χ1) is 18.3. The summed E-state index contributed by atoms with van der Waals surface area (Å²) >= 11 is 0. The van der Waals surface area contributed by atoms with Gasteiger partial charge in [-0.3, -0.25) is 9.59 Å². The van der Waals surface area contributed by atoms with Crippen LogP contribution in [0.15, 0.2) is 23.8 Å². The minimum Gasteiger partial charge on any atom is -0.435 e. The highest BCUT2D eigenvalue weighted by atomic mass is 19.1. The van der Waals surface area contributed by atoms with Gasteiger partial charge in [0.15, 0.2) is 18.0 Å². The Kier molecular flexibility index (Phi) is 8.00. The molecule has 0 aromatic heterocycles. The molecule has 1 unspecified atom stereocenters. The number of carbonyl (C=O) groups is 4. The molecule has 4 aliphatic carbocycles. The van der Waals surface area contributed by atoms with E-state index in [1.165, 1.54) is 12.2 Å². The molecule has 10 heteroatoms. The van der Waals surface area contributed by atoms with Gasteiger partial charge in [0.2, 0.25) is 5.78 Å². The number of alkyl halides is 1. The van der Waals surface area contributed by atoms with Crippen molar-refractivity contribution in [1.82, 2.24) is 0 Å². The van der Waals surface area contributed by atoms with E-state index in [0.29, 0.717) is 12.0 Å². The predicted molar refractivity (Wildman–Crippen MR) is 136 cm³/mol. The minimum absolute atomic E-state index is 0.0245. The highest BCUT2D eigenvalue weighted by Crippen LogP contribution is 2.68. The molecule has 3 saturated carbocycles. The summed E-state index contributed by atoms with van der Waals surface area (Å²) in [5, 5.41) is 11.6. The van der Waals surface area contributed by atoms with Gasteiger partial charge in [-0.25, -0.2) is 14.0 Å². The lowest BCUT2D eigenvalue weighted by molar-refractivity contribution is -0.186. The van der Waals surface area contributed by atoms with Gasteiger partial charge >= 0.3 is 12.3 Å². The fraction of sp³-hybridized carbons (Fsp3) is 0.724. The molecule has 216 valence electrons. The summed E-state index contributed by atoms with van der Waals surface area (Å²) in [6.07, 6.45) is 0.724. The standard InChI is InChI=1S/C29H39FO9/c1-6-36-26(35)39-29(23(33)15-38-25(34)37-14-16(2)3)10-8-19-18-12-21(30)20-11-17(31)7-9-27(20,4)24(18)22(32)13-28(19,29)5/h7,9,11,16,18-19,21-22,24,32H,6,8,10,12-15H2,1-5H3/t18-,19-,21-,22?,24+,27-,28-,29-/m0/s1. The lowest BCUT2D eigenvalue weighted by Crippen LogP contribution is -2.64. The number of Topliss-reactive ketones (excluding diaryl/α,β-unsaturated/α-hetero) is 1. The number of hydrogen-bond acceptors (Lipinski definition) is 9. The van der Waals surface area contributed by atoms with Gasteiger partial charge in [0, 0.05) is 16.7 Å². The summed E-state index contributed by atoms with van der Waals surface area (Å²) < 4.78 is 36.5. The van der Waals surface area contributed by atoms with Crippen molar-refractivity contribution in [3.8, 4) is 0 Å². The molecular formula is C29H39FO9. The Bertz CT molecular complexity index is 1080. The second-order valence-corrected chi connectivity index (χ2v) is 12.1. The monoisotopic (exact) mass is 550 g/mol. The number of ketones is 2. The maximum atomic E-state index is 15.6. The summed E-state index contributed by atoms with van der Waals surface area (Å²) in [7, 11) is 0. The Labute approximate surface area is 228 Å². The van der Waals surface area contributed by atoms with Crippen LogP contribution in [-0.2, 0) is 28.5 Å². The molecular weight excluding hydrogens is 511 g/mol. The van der Waals surface area contributed by atoms with E-state index in [4.69, 9.17) is 18.9 Å². The molecule has 4 rings (SSSR count). The van der Waals surface area contributed by atoms with Gasteiger partial charge in [-0.1, -0.05) is 33.8 Å². The Morgan fingerprint density at radius 1 is 1.15 bits per heavy atom. The number of fused-ring (bicyclic) bond motifs is 5. The fourth-order valence-electron chi connectivity index (χ4n) is 7.81. The Morgan fingerprint density at radius 2 is 1.87 bits per heavy atom. The van der Waals surface area contributed by atoms with Crippen molar-refractivity contribution in [3.05, 3.63) is 23.8 Å². The van der Waals surface area contributed by atoms with Crippen molar-refractivity contribution in [2.75, 3.05) is 19.8 Å². The lowest BCUT2D eigenvalue weighted by Gasteiger charge is -2.60. The zero-order chi connectivity index (χ0) is 28.8. The lowest BCUT2D eigenvalue weighted by atomic mass is 9.46. The van der Waals surface area contributed by atoms with E-state index in [1.54, 1.807) is 19.9 Å². The molecule has 8 atom stereocenters. The second-order valence-electron chi connectivity index (χ2n) is 12.1. The summed E-state index contributed by atoms with van der Waals surface area (Å²) in [5.41, 5.74) is -3.34. The zero-order valence-corrected chi connectivity index (χ0v) is 23.2. The normalized spacial score (nSPS) is 38.7. The third-order valence-corrected chi connectivity index (χ3v) is 9.42. The molecule has 0 heterocycles. The van der Waals surface area contributed by atoms with Crippen molar-refractivity contribution in [3.63, 3.8) is 0 Å². The quantitative estimate of drug-likeness (QED) is 0.456. The highest BCUT2D eigenvalue weighted by Gasteiger charge is 2.71. The zero-order valence-electron chi connectivity index (χ0n) is 23.2. The van der Waals surface area contributed by atoms with Crippen molar-refractivity contribution >= 4 is 23.9 Å². The summed E-state index contributed by atoms with van der Waals surface area (Å²) in [6, 6.07) is 0. The molecule has 1 N–H and O–H groups in total. The number of rotatable bonds is 7. The molecule has 3 fully saturated rings. The van der Waals surface area contributed by atoms with E-state index < -0.39 is 59.3 Å². The van der Waals surface area contributed by atoms with Gasteiger partial charge in [0.25, 0.3) is 0 Å². The van der Waals surface area contributed by atoms with Crippen LogP contribution < -0.4 is 0 Å². The Hall–Kier alpha value is -2.75. The van der Waals surface area contributed by atoms with E-state index in [2.05, 4.69) is 0 Å². The van der Waals surface area contributed by atoms with E-state index in [-0.39, 0.29) is 56.0 Å². The summed E-state index contributed by atoms with van der Waals surface area (Å²) in [6.45, 7) is 8.39. The van der Waals surface area contributed by atoms with Crippen LogP contribution in [0.1, 0.15) is 60.3 Å². The molecule has 0 aliphatic heterocycles. The maximum absolute atomic E-state index is 15.6. The summed E-state index contributed by atoms with van der Waals surface area (Å²) in [4.78, 5) is 50.5. The molecule has 0 bridgehead atoms. The van der Waals surface area contributed by atoms with E-state index in [9.17, 15) is 24.3 Å². The van der Waals surface area contributed by atoms with Gasteiger partial charge < -0.3 is 24.1 Å². The first-order valence-corrected chi connectivity index (χ1v) is 13.7. The molecule has 4 aliphatic rings. The smallest absolute Gasteiger partial charge is 0.435 e. The van der Waals surface area contributed by atoms with Gasteiger partial charge in [-0.2, -0.15) is 0 Å². The highest BCUT2D eigenvalue weighted by molar-refractivity contribution is 6.01. The van der Waals surface area contributed by atoms with Crippen LogP contribution >= 0.6 is 0 Å². The summed E-state index contributed by atoms with van der Waals surface area (Å²) in [5.74, 6) is -1.89. The van der Waals surface area contributed by atoms with E-state index >= 15 is 4.39 Å². The molecule has 0 aromatic carbocycles. The van der Waals surface area contributed by atoms with Crippen molar-refractivity contribution in [2.24, 2.45) is 34.5 Å². The molecule has 39 heavy (non-hydrogen) atoms. The second kappa shape index (κ2) is 10.7. The van der Waals surface area contributed by atoms with Crippen LogP contribution in [0, 0.1) is 34.5 Å². The van der Waals surface area contributed by atoms with Crippen LogP contribution in [0.2, 0.25) is 0 Å². The molecule has 0 spiro atoms. The molecule has 0 amide bonds. The van der Waals surface area contributed by atoms with Crippen LogP contribution in [0.5, 0.6) is 0 Å². The van der Waals surface area contributed by atoms with E-state index in [0.717, 1.165) is 0 Å². The topological polar surface area (TPSA) is 125 Å². The van der Waals surface area contributed by atoms with Gasteiger partial charge in [-0.05, 0) is 68.1 Å². The molecule has 0 saturated heterocycles. The number of aliphatic hydroxyl groups excluding tert-OH is 1. The van der Waals surface area contributed by atoms with Gasteiger partial charge in [0.05, 0.1) is 19.3 Å². The number of hydrogen-bond donors (Lipinski definition) is 1. The number of ether oxygens (including phenoxy) is 4. The number of halogens is 1. The third kappa shape index (κ3) is 4.89. The first-order valence-electron chi connectivity index (χ1n) is 13.7.